The molecular formula is C17H29N3O. The molecule has 0 spiro atoms. The number of benzene rings is 1. The Balaban J connectivity index is 1.69. The lowest BCUT2D eigenvalue weighted by molar-refractivity contribution is 0.283. The Morgan fingerprint density at radius 1 is 1.00 bits per heavy atom. The van der Waals surface area contributed by atoms with Crippen LogP contribution in [0.5, 0.6) is 0 Å². The molecule has 0 amide bonds. The van der Waals surface area contributed by atoms with Crippen molar-refractivity contribution in [3.05, 3.63) is 29.8 Å². The SMILES string of the molecule is CN1CCN(c2ccc(CNCCCCCO)cc2)CC1. The Morgan fingerprint density at radius 2 is 1.71 bits per heavy atom. The standard InChI is InChI=1S/C17H29N3O/c1-19-10-12-20(13-11-19)17-7-5-16(6-8-17)15-18-9-3-2-4-14-21/h5-8,18,21H,2-4,9-15H2,1H3. The minimum absolute atomic E-state index is 0.313. The minimum atomic E-state index is 0.313. The molecule has 1 fully saturated rings. The van der Waals surface area contributed by atoms with Gasteiger partial charge in [0.25, 0.3) is 0 Å². The second-order valence-electron chi connectivity index (χ2n) is 5.92. The Labute approximate surface area is 128 Å². The van der Waals surface area contributed by atoms with E-state index in [-0.39, 0.29) is 0 Å². The van der Waals surface area contributed by atoms with E-state index in [0.717, 1.165) is 58.5 Å². The van der Waals surface area contributed by atoms with Gasteiger partial charge in [0.15, 0.2) is 0 Å². The number of hydrogen-bond acceptors (Lipinski definition) is 4. The van der Waals surface area contributed by atoms with Crippen molar-refractivity contribution in [3.63, 3.8) is 0 Å². The molecule has 1 aliphatic heterocycles. The summed E-state index contributed by atoms with van der Waals surface area (Å²) in [6.07, 6.45) is 3.16. The van der Waals surface area contributed by atoms with Gasteiger partial charge in [-0.2, -0.15) is 0 Å². The normalized spacial score (nSPS) is 16.4. The smallest absolute Gasteiger partial charge is 0.0431 e. The lowest BCUT2D eigenvalue weighted by atomic mass is 10.1. The predicted molar refractivity (Wildman–Crippen MR) is 88.8 cm³/mol. The summed E-state index contributed by atoms with van der Waals surface area (Å²) in [6, 6.07) is 8.95. The highest BCUT2D eigenvalue weighted by atomic mass is 16.2. The van der Waals surface area contributed by atoms with E-state index >= 15 is 0 Å². The third-order valence-corrected chi connectivity index (χ3v) is 4.15. The maximum absolute atomic E-state index is 8.72. The first-order valence-corrected chi connectivity index (χ1v) is 8.13. The van der Waals surface area contributed by atoms with Crippen LogP contribution in [0, 0.1) is 0 Å². The Bertz CT molecular complexity index is 386. The van der Waals surface area contributed by atoms with Gasteiger partial charge in [-0.1, -0.05) is 12.1 Å². The summed E-state index contributed by atoms with van der Waals surface area (Å²) >= 11 is 0. The molecule has 2 N–H and O–H groups in total. The van der Waals surface area contributed by atoms with Gasteiger partial charge in [-0.25, -0.2) is 0 Å². The molecule has 0 radical (unpaired) electrons. The maximum atomic E-state index is 8.72. The molecule has 0 atom stereocenters. The molecule has 21 heavy (non-hydrogen) atoms. The highest BCUT2D eigenvalue weighted by molar-refractivity contribution is 5.48. The van der Waals surface area contributed by atoms with E-state index in [1.54, 1.807) is 0 Å². The molecule has 118 valence electrons. The Hall–Kier alpha value is -1.10. The molecule has 0 saturated carbocycles. The lowest BCUT2D eigenvalue weighted by Crippen LogP contribution is -2.44. The quantitative estimate of drug-likeness (QED) is 0.715. The fourth-order valence-electron chi connectivity index (χ4n) is 2.66. The second kappa shape index (κ2) is 9.03. The van der Waals surface area contributed by atoms with E-state index in [2.05, 4.69) is 46.4 Å². The van der Waals surface area contributed by atoms with Crippen LogP contribution < -0.4 is 10.2 Å². The largest absolute Gasteiger partial charge is 0.396 e. The number of nitrogens with zero attached hydrogens (tertiary/aromatic N) is 2. The van der Waals surface area contributed by atoms with E-state index in [1.165, 1.54) is 11.3 Å². The monoisotopic (exact) mass is 291 g/mol. The summed E-state index contributed by atoms with van der Waals surface area (Å²) in [5, 5.41) is 12.2. The molecule has 1 heterocycles. The van der Waals surface area contributed by atoms with Crippen LogP contribution in [-0.4, -0.2) is 56.4 Å². The van der Waals surface area contributed by atoms with E-state index in [9.17, 15) is 0 Å². The molecule has 2 rings (SSSR count). The molecule has 4 nitrogen and oxygen atoms in total. The van der Waals surface area contributed by atoms with Crippen molar-refractivity contribution in [2.24, 2.45) is 0 Å². The molecule has 1 aromatic carbocycles. The minimum Gasteiger partial charge on any atom is -0.396 e. The van der Waals surface area contributed by atoms with Crippen molar-refractivity contribution in [3.8, 4) is 0 Å². The molecular weight excluding hydrogens is 262 g/mol. The summed E-state index contributed by atoms with van der Waals surface area (Å²) in [5.74, 6) is 0. The van der Waals surface area contributed by atoms with Gasteiger partial charge in [0.1, 0.15) is 0 Å². The number of nitrogens with one attached hydrogen (secondary N) is 1. The third-order valence-electron chi connectivity index (χ3n) is 4.15. The van der Waals surface area contributed by atoms with Gasteiger partial charge in [0.05, 0.1) is 0 Å². The van der Waals surface area contributed by atoms with Gasteiger partial charge < -0.3 is 20.2 Å². The zero-order valence-corrected chi connectivity index (χ0v) is 13.2. The Kier molecular flexibility index (Phi) is 7.00. The maximum Gasteiger partial charge on any atom is 0.0431 e. The van der Waals surface area contributed by atoms with Crippen molar-refractivity contribution in [1.82, 2.24) is 10.2 Å². The fraction of sp³-hybridized carbons (Fsp3) is 0.647. The van der Waals surface area contributed by atoms with Crippen molar-refractivity contribution >= 4 is 5.69 Å². The summed E-state index contributed by atoms with van der Waals surface area (Å²) < 4.78 is 0. The molecule has 0 aromatic heterocycles. The topological polar surface area (TPSA) is 38.7 Å². The van der Waals surface area contributed by atoms with Crippen molar-refractivity contribution in [2.45, 2.75) is 25.8 Å². The van der Waals surface area contributed by atoms with Gasteiger partial charge in [0.2, 0.25) is 0 Å². The summed E-state index contributed by atoms with van der Waals surface area (Å²) in [7, 11) is 2.19. The summed E-state index contributed by atoms with van der Waals surface area (Å²) in [5.41, 5.74) is 2.69. The zero-order chi connectivity index (χ0) is 14.9. The van der Waals surface area contributed by atoms with Crippen LogP contribution in [0.15, 0.2) is 24.3 Å². The molecule has 0 bridgehead atoms. The number of piperazine rings is 1. The van der Waals surface area contributed by atoms with Crippen LogP contribution in [0.2, 0.25) is 0 Å². The van der Waals surface area contributed by atoms with Gasteiger partial charge >= 0.3 is 0 Å². The van der Waals surface area contributed by atoms with E-state index in [1.807, 2.05) is 0 Å². The van der Waals surface area contributed by atoms with Gasteiger partial charge in [-0.05, 0) is 50.6 Å². The van der Waals surface area contributed by atoms with Crippen LogP contribution in [0.3, 0.4) is 0 Å². The first kappa shape index (κ1) is 16.3. The summed E-state index contributed by atoms with van der Waals surface area (Å²) in [6.45, 7) is 6.82. The van der Waals surface area contributed by atoms with Gasteiger partial charge in [-0.15, -0.1) is 0 Å². The second-order valence-corrected chi connectivity index (χ2v) is 5.92. The number of likely N-dealkylation sites (N-methyl/N-ethyl adjacent to an activating group) is 1. The molecule has 1 aliphatic rings. The Morgan fingerprint density at radius 3 is 2.38 bits per heavy atom. The summed E-state index contributed by atoms with van der Waals surface area (Å²) in [4.78, 5) is 4.84. The molecule has 1 aromatic rings. The van der Waals surface area contributed by atoms with Crippen molar-refractivity contribution < 1.29 is 5.11 Å². The van der Waals surface area contributed by atoms with Crippen molar-refractivity contribution in [2.75, 3.05) is 51.3 Å². The van der Waals surface area contributed by atoms with E-state index < -0.39 is 0 Å². The fourth-order valence-corrected chi connectivity index (χ4v) is 2.66. The molecule has 0 unspecified atom stereocenters. The highest BCUT2D eigenvalue weighted by Gasteiger charge is 2.13. The lowest BCUT2D eigenvalue weighted by Gasteiger charge is -2.34. The number of aliphatic hydroxyl groups excluding tert-OH is 1. The van der Waals surface area contributed by atoms with Gasteiger partial charge in [-0.3, -0.25) is 0 Å². The number of hydrogen-bond donors (Lipinski definition) is 2. The third kappa shape index (κ3) is 5.65. The first-order valence-electron chi connectivity index (χ1n) is 8.13. The first-order chi connectivity index (χ1) is 10.3. The molecule has 1 saturated heterocycles. The van der Waals surface area contributed by atoms with Crippen molar-refractivity contribution in [1.29, 1.82) is 0 Å². The van der Waals surface area contributed by atoms with Crippen LogP contribution in [0.4, 0.5) is 5.69 Å². The van der Waals surface area contributed by atoms with E-state index in [0.29, 0.717) is 6.61 Å². The molecule has 4 heteroatoms. The predicted octanol–water partition coefficient (Wildman–Crippen LogP) is 1.69. The number of aliphatic hydroxyl groups is 1. The van der Waals surface area contributed by atoms with Crippen LogP contribution >= 0.6 is 0 Å². The number of unbranched alkanes of at least 4 members (excludes halogenated alkanes) is 2. The zero-order valence-electron chi connectivity index (χ0n) is 13.2. The van der Waals surface area contributed by atoms with Gasteiger partial charge in [0, 0.05) is 45.0 Å². The number of anilines is 1. The van der Waals surface area contributed by atoms with Crippen LogP contribution in [-0.2, 0) is 6.54 Å². The highest BCUT2D eigenvalue weighted by Crippen LogP contribution is 2.17. The average molecular weight is 291 g/mol. The number of rotatable bonds is 8. The molecule has 0 aliphatic carbocycles. The average Bonchev–Trinajstić information content (AvgIpc) is 2.52. The van der Waals surface area contributed by atoms with E-state index in [4.69, 9.17) is 5.11 Å². The van der Waals surface area contributed by atoms with Crippen LogP contribution in [0.25, 0.3) is 0 Å². The van der Waals surface area contributed by atoms with Crippen LogP contribution in [0.1, 0.15) is 24.8 Å².